The summed E-state index contributed by atoms with van der Waals surface area (Å²) < 4.78 is 62.8. The van der Waals surface area contributed by atoms with Crippen LogP contribution in [0.15, 0.2) is 35.5 Å². The van der Waals surface area contributed by atoms with Crippen molar-refractivity contribution in [2.45, 2.75) is 12.6 Å². The van der Waals surface area contributed by atoms with Crippen LogP contribution in [-0.2, 0) is 17.3 Å². The lowest BCUT2D eigenvalue weighted by atomic mass is 10.1. The number of hydrogen-bond acceptors (Lipinski definition) is 7. The van der Waals surface area contributed by atoms with Gasteiger partial charge in [0, 0.05) is 20.1 Å². The Morgan fingerprint density at radius 2 is 2.12 bits per heavy atom. The number of halogens is 2. The Morgan fingerprint density at radius 1 is 1.34 bits per heavy atom. The zero-order chi connectivity index (χ0) is 23.0. The summed E-state index contributed by atoms with van der Waals surface area (Å²) in [6.45, 7) is -0.331. The van der Waals surface area contributed by atoms with Crippen molar-refractivity contribution in [2.24, 2.45) is 7.05 Å². The van der Waals surface area contributed by atoms with E-state index in [1.807, 2.05) is 0 Å². The second-order valence-corrected chi connectivity index (χ2v) is 8.74. The van der Waals surface area contributed by atoms with E-state index in [0.717, 1.165) is 16.4 Å². The van der Waals surface area contributed by atoms with Gasteiger partial charge in [0.1, 0.15) is 23.6 Å². The molecular weight excluding hydrogens is 446 g/mol. The van der Waals surface area contributed by atoms with Gasteiger partial charge in [-0.1, -0.05) is 0 Å². The quantitative estimate of drug-likeness (QED) is 0.612. The number of ether oxygens (including phenoxy) is 1. The molecule has 3 aromatic rings. The summed E-state index contributed by atoms with van der Waals surface area (Å²) in [5.41, 5.74) is -0.923. The van der Waals surface area contributed by atoms with E-state index in [9.17, 15) is 27.3 Å². The minimum absolute atomic E-state index is 0.0192. The molecule has 166 valence electrons. The fourth-order valence-electron chi connectivity index (χ4n) is 3.22. The second kappa shape index (κ2) is 8.13. The molecular formula is C19H16F2N6O4S. The number of aryl methyl sites for hydroxylation is 1. The van der Waals surface area contributed by atoms with Crippen LogP contribution in [0.25, 0.3) is 11.0 Å². The molecule has 4 rings (SSSR count). The van der Waals surface area contributed by atoms with E-state index in [1.54, 1.807) is 6.07 Å². The molecule has 3 heterocycles. The summed E-state index contributed by atoms with van der Waals surface area (Å²) in [4.78, 5) is 20.3. The van der Waals surface area contributed by atoms with E-state index < -0.39 is 39.1 Å². The van der Waals surface area contributed by atoms with E-state index in [4.69, 9.17) is 4.74 Å². The van der Waals surface area contributed by atoms with Gasteiger partial charge in [0.2, 0.25) is 0 Å². The van der Waals surface area contributed by atoms with E-state index in [1.165, 1.54) is 30.2 Å². The van der Waals surface area contributed by atoms with Gasteiger partial charge in [0.05, 0.1) is 23.6 Å². The topological polar surface area (TPSA) is 130 Å². The van der Waals surface area contributed by atoms with Gasteiger partial charge < -0.3 is 9.30 Å². The molecule has 1 aliphatic rings. The zero-order valence-electron chi connectivity index (χ0n) is 16.6. The summed E-state index contributed by atoms with van der Waals surface area (Å²) in [5, 5.41) is 9.68. The van der Waals surface area contributed by atoms with Crippen LogP contribution in [0.1, 0.15) is 12.0 Å². The molecule has 1 unspecified atom stereocenters. The summed E-state index contributed by atoms with van der Waals surface area (Å²) >= 11 is 0. The molecule has 0 aliphatic carbocycles. The number of nitriles is 1. The average molecular weight is 462 g/mol. The monoisotopic (exact) mass is 462 g/mol. The van der Waals surface area contributed by atoms with Crippen LogP contribution in [-0.4, -0.2) is 46.5 Å². The molecule has 1 saturated heterocycles. The molecule has 2 aromatic heterocycles. The Kier molecular flexibility index (Phi) is 5.49. The molecule has 0 bridgehead atoms. The van der Waals surface area contributed by atoms with Gasteiger partial charge in [0.25, 0.3) is 5.56 Å². The van der Waals surface area contributed by atoms with Gasteiger partial charge in [-0.2, -0.15) is 18.0 Å². The molecule has 1 aliphatic heterocycles. The molecule has 0 radical (unpaired) electrons. The SMILES string of the molecule is Cn1cnc2ncc(Oc3c(F)ccc(NS(=O)(=O)N4CCC(F)C4)c3C#N)cc2c1=O. The lowest BCUT2D eigenvalue weighted by Gasteiger charge is -2.18. The molecule has 1 N–H and O–H groups in total. The molecule has 1 aromatic carbocycles. The van der Waals surface area contributed by atoms with Crippen molar-refractivity contribution in [3.8, 4) is 17.6 Å². The Bertz CT molecular complexity index is 1420. The second-order valence-electron chi connectivity index (χ2n) is 7.07. The highest BCUT2D eigenvalue weighted by atomic mass is 32.2. The normalized spacial score (nSPS) is 16.8. The van der Waals surface area contributed by atoms with E-state index in [2.05, 4.69) is 14.7 Å². The number of pyridine rings is 1. The maximum atomic E-state index is 14.5. The van der Waals surface area contributed by atoms with Crippen LogP contribution >= 0.6 is 0 Å². The van der Waals surface area contributed by atoms with Gasteiger partial charge >= 0.3 is 10.2 Å². The van der Waals surface area contributed by atoms with Crippen molar-refractivity contribution in [1.82, 2.24) is 18.8 Å². The third-order valence-corrected chi connectivity index (χ3v) is 6.35. The van der Waals surface area contributed by atoms with E-state index >= 15 is 0 Å². The Morgan fingerprint density at radius 3 is 2.81 bits per heavy atom. The van der Waals surface area contributed by atoms with E-state index in [-0.39, 0.29) is 42.0 Å². The molecule has 0 spiro atoms. The van der Waals surface area contributed by atoms with Gasteiger partial charge in [-0.05, 0) is 24.6 Å². The molecule has 32 heavy (non-hydrogen) atoms. The number of hydrogen-bond donors (Lipinski definition) is 1. The predicted molar refractivity (Wildman–Crippen MR) is 110 cm³/mol. The summed E-state index contributed by atoms with van der Waals surface area (Å²) in [7, 11) is -2.67. The third kappa shape index (κ3) is 3.97. The number of fused-ring (bicyclic) bond motifs is 1. The summed E-state index contributed by atoms with van der Waals surface area (Å²) in [6, 6.07) is 5.00. The number of nitrogens with one attached hydrogen (secondary N) is 1. The van der Waals surface area contributed by atoms with Crippen molar-refractivity contribution in [3.63, 3.8) is 0 Å². The van der Waals surface area contributed by atoms with Crippen molar-refractivity contribution in [2.75, 3.05) is 17.8 Å². The van der Waals surface area contributed by atoms with Crippen molar-refractivity contribution in [1.29, 1.82) is 5.26 Å². The van der Waals surface area contributed by atoms with Crippen LogP contribution < -0.4 is 15.0 Å². The first-order valence-corrected chi connectivity index (χ1v) is 10.8. The predicted octanol–water partition coefficient (Wildman–Crippen LogP) is 1.83. The minimum Gasteiger partial charge on any atom is -0.451 e. The Labute approximate surface area is 180 Å². The number of benzene rings is 1. The van der Waals surface area contributed by atoms with E-state index in [0.29, 0.717) is 0 Å². The van der Waals surface area contributed by atoms with Crippen LogP contribution in [0, 0.1) is 17.1 Å². The van der Waals surface area contributed by atoms with Crippen LogP contribution in [0.2, 0.25) is 0 Å². The number of aromatic nitrogens is 3. The number of rotatable bonds is 5. The molecule has 10 nitrogen and oxygen atoms in total. The first-order chi connectivity index (χ1) is 15.2. The maximum Gasteiger partial charge on any atom is 0.301 e. The number of nitrogens with zero attached hydrogens (tertiary/aromatic N) is 5. The Balaban J connectivity index is 1.71. The fourth-order valence-corrected chi connectivity index (χ4v) is 4.50. The van der Waals surface area contributed by atoms with Gasteiger partial charge in [-0.15, -0.1) is 0 Å². The zero-order valence-corrected chi connectivity index (χ0v) is 17.4. The highest BCUT2D eigenvalue weighted by Crippen LogP contribution is 2.34. The number of anilines is 1. The lowest BCUT2D eigenvalue weighted by Crippen LogP contribution is -2.34. The minimum atomic E-state index is -4.17. The van der Waals surface area contributed by atoms with Crippen LogP contribution in [0.4, 0.5) is 14.5 Å². The van der Waals surface area contributed by atoms with Gasteiger partial charge in [-0.25, -0.2) is 18.7 Å². The molecule has 0 amide bonds. The standard InChI is InChI=1S/C19H16F2N6O4S/c1-26-10-24-18-13(19(26)28)6-12(8-23-18)31-17-14(7-22)16(3-2-15(17)21)25-32(29,30)27-5-4-11(20)9-27/h2-3,6,8,10-11,25H,4-5,9H2,1H3. The average Bonchev–Trinajstić information content (AvgIpc) is 3.21. The summed E-state index contributed by atoms with van der Waals surface area (Å²) in [5.74, 6) is -1.55. The maximum absolute atomic E-state index is 14.5. The molecule has 0 saturated carbocycles. The van der Waals surface area contributed by atoms with Gasteiger partial charge in [0.15, 0.2) is 17.2 Å². The highest BCUT2D eigenvalue weighted by Gasteiger charge is 2.32. The Hall–Kier alpha value is -3.63. The molecule has 1 atom stereocenters. The first kappa shape index (κ1) is 21.6. The summed E-state index contributed by atoms with van der Waals surface area (Å²) in [6.07, 6.45) is 1.27. The van der Waals surface area contributed by atoms with Gasteiger partial charge in [-0.3, -0.25) is 9.52 Å². The smallest absolute Gasteiger partial charge is 0.301 e. The highest BCUT2D eigenvalue weighted by molar-refractivity contribution is 7.90. The molecule has 1 fully saturated rings. The van der Waals surface area contributed by atoms with Crippen molar-refractivity contribution in [3.05, 3.63) is 52.5 Å². The fraction of sp³-hybridized carbons (Fsp3) is 0.263. The molecule has 13 heteroatoms. The van der Waals surface area contributed by atoms with Crippen molar-refractivity contribution >= 4 is 26.9 Å². The lowest BCUT2D eigenvalue weighted by molar-refractivity contribution is 0.343. The van der Waals surface area contributed by atoms with Crippen LogP contribution in [0.3, 0.4) is 0 Å². The first-order valence-electron chi connectivity index (χ1n) is 9.33. The van der Waals surface area contributed by atoms with Crippen LogP contribution in [0.5, 0.6) is 11.5 Å². The van der Waals surface area contributed by atoms with Crippen molar-refractivity contribution < 1.29 is 21.9 Å². The third-order valence-electron chi connectivity index (χ3n) is 4.86. The number of alkyl halides is 1. The largest absolute Gasteiger partial charge is 0.451 e.